The molecule has 0 aliphatic rings. The molecule has 0 spiro atoms. The highest BCUT2D eigenvalue weighted by Crippen LogP contribution is 2.32. The van der Waals surface area contributed by atoms with Gasteiger partial charge in [-0.1, -0.05) is 11.6 Å². The van der Waals surface area contributed by atoms with E-state index in [1.807, 2.05) is 0 Å². The molecule has 0 heterocycles. The first-order valence-corrected chi connectivity index (χ1v) is 4.90. The van der Waals surface area contributed by atoms with Crippen molar-refractivity contribution in [3.63, 3.8) is 0 Å². The van der Waals surface area contributed by atoms with Gasteiger partial charge in [0.05, 0.1) is 6.42 Å². The van der Waals surface area contributed by atoms with Gasteiger partial charge in [0.25, 0.3) is 0 Å². The summed E-state index contributed by atoms with van der Waals surface area (Å²) in [6.07, 6.45) is -5.42. The zero-order valence-corrected chi connectivity index (χ0v) is 9.16. The van der Waals surface area contributed by atoms with E-state index in [0.717, 1.165) is 12.1 Å². The van der Waals surface area contributed by atoms with Crippen LogP contribution in [-0.2, 0) is 0 Å². The molecule has 1 N–H and O–H groups in total. The quantitative estimate of drug-likeness (QED) is 0.812. The molecule has 0 amide bonds. The maximum absolute atomic E-state index is 12.9. The van der Waals surface area contributed by atoms with Crippen molar-refractivity contribution >= 4 is 11.6 Å². The molecule has 0 saturated carbocycles. The zero-order valence-electron chi connectivity index (χ0n) is 8.41. The summed E-state index contributed by atoms with van der Waals surface area (Å²) in [4.78, 5) is 0. The number of nitrogens with one attached hydrogen (secondary N) is 1. The molecule has 6 heteroatoms. The molecule has 1 rings (SSSR count). The highest BCUT2D eigenvalue weighted by molar-refractivity contribution is 6.31. The van der Waals surface area contributed by atoms with Gasteiger partial charge in [0.1, 0.15) is 5.82 Å². The first kappa shape index (κ1) is 13.3. The fourth-order valence-corrected chi connectivity index (χ4v) is 1.63. The average Bonchev–Trinajstić information content (AvgIpc) is 2.17. The van der Waals surface area contributed by atoms with Gasteiger partial charge in [-0.2, -0.15) is 13.2 Å². The second-order valence-electron chi connectivity index (χ2n) is 3.33. The van der Waals surface area contributed by atoms with Gasteiger partial charge in [-0.25, -0.2) is 4.39 Å². The van der Waals surface area contributed by atoms with Crippen molar-refractivity contribution in [1.82, 2.24) is 5.32 Å². The van der Waals surface area contributed by atoms with E-state index < -0.39 is 24.5 Å². The molecule has 0 aromatic heterocycles. The average molecular weight is 256 g/mol. The Labute approximate surface area is 95.4 Å². The van der Waals surface area contributed by atoms with Crippen molar-refractivity contribution in [2.24, 2.45) is 0 Å². The van der Waals surface area contributed by atoms with Gasteiger partial charge in [-0.05, 0) is 30.8 Å². The van der Waals surface area contributed by atoms with Crippen molar-refractivity contribution in [2.45, 2.75) is 18.6 Å². The molecule has 1 nitrogen and oxygen atoms in total. The van der Waals surface area contributed by atoms with Crippen LogP contribution in [0.25, 0.3) is 0 Å². The van der Waals surface area contributed by atoms with Crippen molar-refractivity contribution < 1.29 is 17.6 Å². The molecule has 0 radical (unpaired) electrons. The summed E-state index contributed by atoms with van der Waals surface area (Å²) in [7, 11) is 1.37. The van der Waals surface area contributed by atoms with E-state index in [9.17, 15) is 17.6 Å². The van der Waals surface area contributed by atoms with Gasteiger partial charge in [-0.3, -0.25) is 0 Å². The molecule has 1 unspecified atom stereocenters. The standard InChI is InChI=1S/C10H10ClF4N/c1-16-9(5-10(13,14)15)7-4-6(12)2-3-8(7)11/h2-4,9,16H,5H2,1H3. The number of rotatable bonds is 3. The van der Waals surface area contributed by atoms with E-state index in [0.29, 0.717) is 0 Å². The predicted octanol–water partition coefficient (Wildman–Crippen LogP) is 3.69. The van der Waals surface area contributed by atoms with Crippen LogP contribution in [0.4, 0.5) is 17.6 Å². The summed E-state index contributed by atoms with van der Waals surface area (Å²) in [6, 6.07) is 2.32. The Morgan fingerprint density at radius 3 is 2.50 bits per heavy atom. The van der Waals surface area contributed by atoms with E-state index in [1.165, 1.54) is 13.1 Å². The molecule has 0 fully saturated rings. The number of hydrogen-bond donors (Lipinski definition) is 1. The number of halogens is 5. The molecule has 0 bridgehead atoms. The van der Waals surface area contributed by atoms with Crippen LogP contribution in [0.1, 0.15) is 18.0 Å². The van der Waals surface area contributed by atoms with Crippen molar-refractivity contribution in [2.75, 3.05) is 7.05 Å². The molecule has 0 aliphatic heterocycles. The lowest BCUT2D eigenvalue weighted by atomic mass is 10.0. The highest BCUT2D eigenvalue weighted by atomic mass is 35.5. The van der Waals surface area contributed by atoms with Gasteiger partial charge >= 0.3 is 6.18 Å². The lowest BCUT2D eigenvalue weighted by molar-refractivity contribution is -0.140. The van der Waals surface area contributed by atoms with Crippen LogP contribution in [0.3, 0.4) is 0 Å². The molecule has 1 aromatic rings. The molecular formula is C10H10ClF4N. The van der Waals surface area contributed by atoms with Crippen LogP contribution in [-0.4, -0.2) is 13.2 Å². The SMILES string of the molecule is CNC(CC(F)(F)F)c1cc(F)ccc1Cl. The van der Waals surface area contributed by atoms with Crippen LogP contribution >= 0.6 is 11.6 Å². The largest absolute Gasteiger partial charge is 0.390 e. The molecule has 1 aromatic carbocycles. The Kier molecular flexibility index (Phi) is 4.15. The molecular weight excluding hydrogens is 246 g/mol. The van der Waals surface area contributed by atoms with E-state index in [2.05, 4.69) is 5.32 Å². The summed E-state index contributed by atoms with van der Waals surface area (Å²) < 4.78 is 49.6. The zero-order chi connectivity index (χ0) is 12.3. The maximum Gasteiger partial charge on any atom is 0.390 e. The van der Waals surface area contributed by atoms with Crippen LogP contribution in [0.15, 0.2) is 18.2 Å². The number of benzene rings is 1. The lowest BCUT2D eigenvalue weighted by Gasteiger charge is -2.19. The normalized spacial score (nSPS) is 13.9. The Hall–Kier alpha value is -0.810. The van der Waals surface area contributed by atoms with E-state index in [1.54, 1.807) is 0 Å². The van der Waals surface area contributed by atoms with Crippen molar-refractivity contribution in [3.05, 3.63) is 34.6 Å². The summed E-state index contributed by atoms with van der Waals surface area (Å²) >= 11 is 5.72. The second kappa shape index (κ2) is 5.01. The fourth-order valence-electron chi connectivity index (χ4n) is 1.38. The van der Waals surface area contributed by atoms with Gasteiger partial charge in [0.2, 0.25) is 0 Å². The van der Waals surface area contributed by atoms with Crippen LogP contribution in [0, 0.1) is 5.82 Å². The lowest BCUT2D eigenvalue weighted by Crippen LogP contribution is -2.24. The van der Waals surface area contributed by atoms with Crippen LogP contribution < -0.4 is 5.32 Å². The highest BCUT2D eigenvalue weighted by Gasteiger charge is 2.32. The third-order valence-electron chi connectivity index (χ3n) is 2.12. The fraction of sp³-hybridized carbons (Fsp3) is 0.400. The molecule has 0 saturated heterocycles. The van der Waals surface area contributed by atoms with Gasteiger partial charge < -0.3 is 5.32 Å². The maximum atomic E-state index is 12.9. The topological polar surface area (TPSA) is 12.0 Å². The van der Waals surface area contributed by atoms with Crippen molar-refractivity contribution in [3.8, 4) is 0 Å². The molecule has 90 valence electrons. The monoisotopic (exact) mass is 255 g/mol. The van der Waals surface area contributed by atoms with Crippen LogP contribution in [0.5, 0.6) is 0 Å². The molecule has 0 aliphatic carbocycles. The van der Waals surface area contributed by atoms with Gasteiger partial charge in [0.15, 0.2) is 0 Å². The van der Waals surface area contributed by atoms with Crippen LogP contribution in [0.2, 0.25) is 5.02 Å². The van der Waals surface area contributed by atoms with E-state index in [-0.39, 0.29) is 10.6 Å². The smallest absolute Gasteiger partial charge is 0.313 e. The minimum absolute atomic E-state index is 0.112. The summed E-state index contributed by atoms with van der Waals surface area (Å²) in [5.74, 6) is -0.609. The van der Waals surface area contributed by atoms with Crippen molar-refractivity contribution in [1.29, 1.82) is 0 Å². The Morgan fingerprint density at radius 2 is 2.00 bits per heavy atom. The molecule has 16 heavy (non-hydrogen) atoms. The first-order chi connectivity index (χ1) is 7.33. The number of hydrogen-bond acceptors (Lipinski definition) is 1. The Balaban J connectivity index is 2.99. The number of alkyl halides is 3. The third kappa shape index (κ3) is 3.64. The molecule has 1 atom stereocenters. The summed E-state index contributed by atoms with van der Waals surface area (Å²) in [6.45, 7) is 0. The van der Waals surface area contributed by atoms with E-state index >= 15 is 0 Å². The Bertz CT molecular complexity index is 364. The minimum atomic E-state index is -4.33. The first-order valence-electron chi connectivity index (χ1n) is 4.52. The van der Waals surface area contributed by atoms with Gasteiger partial charge in [-0.15, -0.1) is 0 Å². The minimum Gasteiger partial charge on any atom is -0.313 e. The summed E-state index contributed by atoms with van der Waals surface area (Å²) in [5.41, 5.74) is 0.112. The van der Waals surface area contributed by atoms with Gasteiger partial charge in [0, 0.05) is 11.1 Å². The second-order valence-corrected chi connectivity index (χ2v) is 3.73. The Morgan fingerprint density at radius 1 is 1.38 bits per heavy atom. The van der Waals surface area contributed by atoms with E-state index in [4.69, 9.17) is 11.6 Å². The third-order valence-corrected chi connectivity index (χ3v) is 2.46. The summed E-state index contributed by atoms with van der Waals surface area (Å²) in [5, 5.41) is 2.59. The predicted molar refractivity (Wildman–Crippen MR) is 53.9 cm³/mol.